The van der Waals surface area contributed by atoms with Gasteiger partial charge in [-0.1, -0.05) is 0 Å². The SMILES string of the molecule is p1ppc2pc3pc4pc5pc6ppppc6pc5pc4pc3pc2p1. The molecule has 0 spiro atoms. The maximum absolute atomic E-state index is 1.73. The van der Waals surface area contributed by atoms with Gasteiger partial charge in [-0.3, -0.25) is 0 Å². The predicted molar refractivity (Wildman–Crippen MR) is 154 cm³/mol. The van der Waals surface area contributed by atoms with Crippen molar-refractivity contribution in [1.82, 2.24) is 0 Å². The summed E-state index contributed by atoms with van der Waals surface area (Å²) in [7, 11) is 25.2. The molecule has 0 aliphatic rings. The second kappa shape index (κ2) is 8.80. The number of rotatable bonds is 0. The molecule has 0 nitrogen and oxygen atoms in total. The zero-order chi connectivity index (χ0) is 17.1. The Morgan fingerprint density at radius 1 is 0.231 bits per heavy atom. The molecule has 0 amide bonds. The molecule has 26 heavy (non-hydrogen) atoms. The van der Waals surface area contributed by atoms with Crippen molar-refractivity contribution in [2.24, 2.45) is 0 Å². The summed E-state index contributed by atoms with van der Waals surface area (Å²) in [6.07, 6.45) is 0. The van der Waals surface area contributed by atoms with Gasteiger partial charge in [0.2, 0.25) is 0 Å². The Morgan fingerprint density at radius 2 is 0.423 bits per heavy atom. The summed E-state index contributed by atoms with van der Waals surface area (Å²) in [5.74, 6) is 0. The van der Waals surface area contributed by atoms with Gasteiger partial charge in [-0.2, -0.15) is 0 Å². The van der Waals surface area contributed by atoms with Crippen LogP contribution in [0, 0.1) is 0 Å². The van der Waals surface area contributed by atoms with E-state index >= 15 is 0 Å². The van der Waals surface area contributed by atoms with Gasteiger partial charge in [0, 0.05) is 29.1 Å². The van der Waals surface area contributed by atoms with Crippen LogP contribution in [0.25, 0.3) is 48.5 Å². The van der Waals surface area contributed by atoms with Gasteiger partial charge in [0.25, 0.3) is 0 Å². The largest absolute Gasteiger partial charge is 0.0517 e. The number of fused-ring (bicyclic) bond motifs is 5. The zero-order valence-electron chi connectivity index (χ0n) is 12.2. The van der Waals surface area contributed by atoms with E-state index in [1.54, 1.807) is 176 Å². The van der Waals surface area contributed by atoms with Gasteiger partial charge in [-0.25, -0.2) is 0 Å². The molecule has 0 atom stereocenters. The van der Waals surface area contributed by atoms with Crippen LogP contribution in [0.2, 0.25) is 0 Å². The first-order valence-corrected chi connectivity index (χ1v) is 25.5. The highest BCUT2D eigenvalue weighted by molar-refractivity contribution is 8.33. The van der Waals surface area contributed by atoms with Gasteiger partial charge in [0.05, 0.1) is 19.4 Å². The molecule has 0 aliphatic heterocycles. The highest BCUT2D eigenvalue weighted by atomic mass is 32.3. The fraction of sp³-hybridized carbons (Fsp3) is 0. The van der Waals surface area contributed by atoms with Crippen LogP contribution in [0.3, 0.4) is 0 Å². The predicted octanol–water partition coefficient (Wildman–Crippen LogP) is 16.7. The molecule has 6 aromatic rings. The van der Waals surface area contributed by atoms with E-state index in [1.165, 1.54) is 0 Å². The van der Waals surface area contributed by atoms with Gasteiger partial charge >= 0.3 is 0 Å². The molecule has 0 saturated carbocycles. The van der Waals surface area contributed by atoms with E-state index < -0.39 is 0 Å². The van der Waals surface area contributed by atoms with Crippen LogP contribution >= 0.6 is 127 Å². The third-order valence-corrected chi connectivity index (χ3v) is 36.8. The topological polar surface area (TPSA) is 0 Å². The lowest BCUT2D eigenvalue weighted by atomic mass is 11.1. The molecule has 0 fully saturated rings. The highest BCUT2D eigenvalue weighted by Crippen LogP contribution is 2.62. The van der Waals surface area contributed by atoms with Crippen molar-refractivity contribution in [1.29, 1.82) is 0 Å². The first kappa shape index (κ1) is 20.1. The van der Waals surface area contributed by atoms with E-state index in [0.717, 1.165) is 0 Å². The minimum absolute atomic E-state index is 1.56. The summed E-state index contributed by atoms with van der Waals surface area (Å²) in [6, 6.07) is 0. The van der Waals surface area contributed by atoms with Gasteiger partial charge in [-0.05, 0) is 127 Å². The van der Waals surface area contributed by atoms with Crippen molar-refractivity contribution in [3.63, 3.8) is 0 Å². The number of hydrogen-bond acceptors (Lipinski definition) is 0. The monoisotopic (exact) mass is 616 g/mol. The maximum atomic E-state index is 1.73. The van der Waals surface area contributed by atoms with Gasteiger partial charge in [-0.15, -0.1) is 0 Å². The van der Waals surface area contributed by atoms with Gasteiger partial charge < -0.3 is 0 Å². The Hall–Kier alpha value is 3.50. The Kier molecular flexibility index (Phi) is 6.81. The second-order valence-corrected chi connectivity index (χ2v) is 31.7. The van der Waals surface area contributed by atoms with Gasteiger partial charge in [0.15, 0.2) is 0 Å². The van der Waals surface area contributed by atoms with Crippen LogP contribution in [0.15, 0.2) is 0 Å². The summed E-state index contributed by atoms with van der Waals surface area (Å²) in [6.45, 7) is 0. The van der Waals surface area contributed by atoms with E-state index in [9.17, 15) is 0 Å². The van der Waals surface area contributed by atoms with Crippen molar-refractivity contribution >= 4 is 176 Å². The molecule has 0 radical (unpaired) electrons. The smallest absolute Gasteiger partial charge is 0.0475 e. The molecule has 120 valence electrons. The highest BCUT2D eigenvalue weighted by Gasteiger charge is 2.08. The average Bonchev–Trinajstić information content (AvgIpc) is 2.67. The fourth-order valence-corrected chi connectivity index (χ4v) is 40.3. The second-order valence-electron chi connectivity index (χ2n) is 4.89. The van der Waals surface area contributed by atoms with Gasteiger partial charge in [0.1, 0.15) is 0 Å². The van der Waals surface area contributed by atoms with Crippen LogP contribution in [-0.4, -0.2) is 0 Å². The first-order chi connectivity index (χ1) is 12.8. The summed E-state index contributed by atoms with van der Waals surface area (Å²) >= 11 is 0. The quantitative estimate of drug-likeness (QED) is 0.149. The van der Waals surface area contributed by atoms with Crippen LogP contribution in [0.5, 0.6) is 0 Å². The zero-order valence-corrected chi connectivity index (χ0v) is 26.5. The third-order valence-electron chi connectivity index (χ3n) is 3.33. The normalized spacial score (nSPS) is 16.8. The van der Waals surface area contributed by atoms with Crippen LogP contribution < -0.4 is 0 Å². The van der Waals surface area contributed by atoms with E-state index in [-0.39, 0.29) is 0 Å². The third kappa shape index (κ3) is 4.00. The van der Waals surface area contributed by atoms with E-state index in [1.807, 2.05) is 0 Å². The molecule has 6 heterocycles. The fourth-order valence-electron chi connectivity index (χ4n) is 2.27. The molecule has 0 aromatic carbocycles. The molecule has 0 aliphatic carbocycles. The summed E-state index contributed by atoms with van der Waals surface area (Å²) in [5.41, 5.74) is 0. The summed E-state index contributed by atoms with van der Waals surface area (Å²) in [4.78, 5) is 17.3. The van der Waals surface area contributed by atoms with Crippen LogP contribution in [0.4, 0.5) is 0 Å². The molecular formula is C10P16. The van der Waals surface area contributed by atoms with Crippen LogP contribution in [-0.2, 0) is 0 Å². The van der Waals surface area contributed by atoms with Crippen LogP contribution in [0.1, 0.15) is 0 Å². The standard InChI is InChI=1S/C10P16/c11-1-2(13-5-3(11)15-7-9(17-5)21-25-23-19-7)14-6-4(12-1)16-8-10(18-6)22-26-24-20-8. The minimum atomic E-state index is 1.56. The average molecular weight is 616 g/mol. The summed E-state index contributed by atoms with van der Waals surface area (Å²) in [5, 5.41) is 0. The Morgan fingerprint density at radius 3 is 0.654 bits per heavy atom. The molecule has 0 N–H and O–H groups in total. The molecule has 0 bridgehead atoms. The molecule has 6 rings (SSSR count). The molecule has 0 saturated heterocycles. The lowest BCUT2D eigenvalue weighted by Crippen LogP contribution is -1.56. The van der Waals surface area contributed by atoms with E-state index in [4.69, 9.17) is 0 Å². The minimum Gasteiger partial charge on any atom is -0.0475 e. The van der Waals surface area contributed by atoms with E-state index in [0.29, 0.717) is 0 Å². The Balaban J connectivity index is 1.72. The first-order valence-electron chi connectivity index (χ1n) is 6.92. The van der Waals surface area contributed by atoms with Crippen molar-refractivity contribution in [3.05, 3.63) is 0 Å². The molecule has 6 aromatic heterocycles. The number of hydrogen-bond donors (Lipinski definition) is 0. The van der Waals surface area contributed by atoms with Crippen molar-refractivity contribution in [2.45, 2.75) is 0 Å². The summed E-state index contributed by atoms with van der Waals surface area (Å²) < 4.78 is 0. The van der Waals surface area contributed by atoms with Crippen molar-refractivity contribution < 1.29 is 0 Å². The van der Waals surface area contributed by atoms with Crippen molar-refractivity contribution in [2.75, 3.05) is 0 Å². The Bertz CT molecular complexity index is 1270. The van der Waals surface area contributed by atoms with Crippen molar-refractivity contribution in [3.8, 4) is 0 Å². The molecular weight excluding hydrogens is 616 g/mol. The molecule has 16 heteroatoms. The lowest BCUT2D eigenvalue weighted by Gasteiger charge is -2.04. The molecule has 0 unspecified atom stereocenters. The maximum Gasteiger partial charge on any atom is 0.0517 e. The Labute approximate surface area is 174 Å². The van der Waals surface area contributed by atoms with E-state index in [2.05, 4.69) is 0 Å². The lowest BCUT2D eigenvalue weighted by molar-refractivity contribution is 2.91.